The first kappa shape index (κ1) is 57.6. The maximum Gasteiger partial charge on any atom is 0.306 e. The minimum absolute atomic E-state index is 0.0942. The lowest BCUT2D eigenvalue weighted by molar-refractivity contribution is -0.166. The van der Waals surface area contributed by atoms with Gasteiger partial charge < -0.3 is 14.2 Å². The third kappa shape index (κ3) is 46.7. The molecule has 0 aliphatic carbocycles. The number of carbonyl (C=O) groups is 3. The largest absolute Gasteiger partial charge is 0.462 e. The van der Waals surface area contributed by atoms with E-state index >= 15 is 0 Å². The van der Waals surface area contributed by atoms with Crippen LogP contribution in [-0.4, -0.2) is 37.2 Å². The zero-order chi connectivity index (χ0) is 43.7. The molecule has 60 heavy (non-hydrogen) atoms. The Bertz CT molecular complexity index is 1020. The van der Waals surface area contributed by atoms with E-state index in [1.165, 1.54) is 167 Å². The molecule has 0 N–H and O–H groups in total. The van der Waals surface area contributed by atoms with Gasteiger partial charge in [-0.15, -0.1) is 0 Å². The van der Waals surface area contributed by atoms with Gasteiger partial charge in [-0.3, -0.25) is 14.4 Å². The fourth-order valence-electron chi connectivity index (χ4n) is 7.43. The standard InChI is InChI=1S/C54H98O6/c1-4-7-10-13-16-19-22-25-26-27-30-32-35-38-41-44-47-53(56)59-50-51(60-54(57)48-45-42-39-36-33-29-24-21-18-15-12-9-6-3)49-58-52(55)46-43-40-37-34-31-28-23-20-17-14-11-8-5-2/h26-27,29,33,39,42,51H,4-25,28,30-32,34-38,40-41,43-50H2,1-3H3/b27-26+,33-29+,42-39+. The van der Waals surface area contributed by atoms with E-state index in [-0.39, 0.29) is 37.5 Å². The first-order valence-electron chi connectivity index (χ1n) is 26.0. The minimum atomic E-state index is -0.801. The molecule has 6 nitrogen and oxygen atoms in total. The van der Waals surface area contributed by atoms with Crippen molar-refractivity contribution in [1.82, 2.24) is 0 Å². The molecular formula is C54H98O6. The van der Waals surface area contributed by atoms with Crippen molar-refractivity contribution in [2.75, 3.05) is 13.2 Å². The molecule has 0 fully saturated rings. The van der Waals surface area contributed by atoms with E-state index in [1.807, 2.05) is 6.08 Å². The second kappa shape index (κ2) is 49.3. The predicted molar refractivity (Wildman–Crippen MR) is 256 cm³/mol. The van der Waals surface area contributed by atoms with Gasteiger partial charge in [0.25, 0.3) is 0 Å². The van der Waals surface area contributed by atoms with Crippen LogP contribution in [0.15, 0.2) is 36.5 Å². The van der Waals surface area contributed by atoms with Gasteiger partial charge in [0.2, 0.25) is 0 Å². The van der Waals surface area contributed by atoms with Crippen LogP contribution in [0, 0.1) is 0 Å². The lowest BCUT2D eigenvalue weighted by Gasteiger charge is -2.18. The Balaban J connectivity index is 4.41. The zero-order valence-electron chi connectivity index (χ0n) is 40.0. The average Bonchev–Trinajstić information content (AvgIpc) is 3.24. The normalized spacial score (nSPS) is 12.2. The second-order valence-electron chi connectivity index (χ2n) is 17.4. The highest BCUT2D eigenvalue weighted by Gasteiger charge is 2.19. The van der Waals surface area contributed by atoms with E-state index in [0.717, 1.165) is 57.8 Å². The first-order chi connectivity index (χ1) is 29.5. The van der Waals surface area contributed by atoms with Gasteiger partial charge in [-0.2, -0.15) is 0 Å². The van der Waals surface area contributed by atoms with Crippen molar-refractivity contribution in [2.45, 2.75) is 277 Å². The number of rotatable bonds is 47. The average molecular weight is 843 g/mol. The summed E-state index contributed by atoms with van der Waals surface area (Å²) in [5.41, 5.74) is 0. The molecular weight excluding hydrogens is 745 g/mol. The minimum Gasteiger partial charge on any atom is -0.462 e. The van der Waals surface area contributed by atoms with Gasteiger partial charge in [-0.25, -0.2) is 0 Å². The summed E-state index contributed by atoms with van der Waals surface area (Å²) in [4.78, 5) is 37.9. The van der Waals surface area contributed by atoms with Crippen LogP contribution in [0.4, 0.5) is 0 Å². The summed E-state index contributed by atoms with van der Waals surface area (Å²) in [6.45, 7) is 6.59. The molecule has 0 aromatic heterocycles. The van der Waals surface area contributed by atoms with Gasteiger partial charge in [0.1, 0.15) is 13.2 Å². The molecule has 0 aliphatic rings. The monoisotopic (exact) mass is 843 g/mol. The van der Waals surface area contributed by atoms with Crippen LogP contribution in [0.5, 0.6) is 0 Å². The van der Waals surface area contributed by atoms with Crippen LogP contribution in [-0.2, 0) is 28.6 Å². The maximum absolute atomic E-state index is 12.7. The first-order valence-corrected chi connectivity index (χ1v) is 26.0. The zero-order valence-corrected chi connectivity index (χ0v) is 40.0. The molecule has 0 radical (unpaired) electrons. The number of hydrogen-bond donors (Lipinski definition) is 0. The number of hydrogen-bond acceptors (Lipinski definition) is 6. The number of allylic oxidation sites excluding steroid dienone is 6. The summed E-state index contributed by atoms with van der Waals surface area (Å²) in [7, 11) is 0. The van der Waals surface area contributed by atoms with Crippen molar-refractivity contribution < 1.29 is 28.6 Å². The Morgan fingerprint density at radius 2 is 0.633 bits per heavy atom. The lowest BCUT2D eigenvalue weighted by Crippen LogP contribution is -2.30. The van der Waals surface area contributed by atoms with Crippen LogP contribution < -0.4 is 0 Å². The van der Waals surface area contributed by atoms with Crippen molar-refractivity contribution >= 4 is 17.9 Å². The Morgan fingerprint density at radius 3 is 1.00 bits per heavy atom. The van der Waals surface area contributed by atoms with Crippen molar-refractivity contribution in [2.24, 2.45) is 0 Å². The second-order valence-corrected chi connectivity index (χ2v) is 17.4. The topological polar surface area (TPSA) is 78.9 Å². The Morgan fingerprint density at radius 1 is 0.333 bits per heavy atom. The smallest absolute Gasteiger partial charge is 0.306 e. The SMILES string of the molecule is CCCCCCCC/C=C/C/C=C/CCC(=O)OC(COC(=O)CCCCCCC/C=C/CCCCCCCCC)COC(=O)CCCCCCCCCCCCCCC. The van der Waals surface area contributed by atoms with Crippen LogP contribution in [0.2, 0.25) is 0 Å². The van der Waals surface area contributed by atoms with Gasteiger partial charge in [0.15, 0.2) is 6.10 Å². The van der Waals surface area contributed by atoms with E-state index in [2.05, 4.69) is 51.2 Å². The highest BCUT2D eigenvalue weighted by molar-refractivity contribution is 5.71. The van der Waals surface area contributed by atoms with Crippen molar-refractivity contribution in [1.29, 1.82) is 0 Å². The number of carbonyl (C=O) groups excluding carboxylic acids is 3. The van der Waals surface area contributed by atoms with E-state index in [9.17, 15) is 14.4 Å². The summed E-state index contributed by atoms with van der Waals surface area (Å²) >= 11 is 0. The van der Waals surface area contributed by atoms with Crippen molar-refractivity contribution in [3.8, 4) is 0 Å². The fraction of sp³-hybridized carbons (Fsp3) is 0.833. The van der Waals surface area contributed by atoms with Gasteiger partial charge >= 0.3 is 17.9 Å². The summed E-state index contributed by atoms with van der Waals surface area (Å²) in [5.74, 6) is -0.962. The number of esters is 3. The molecule has 0 aromatic carbocycles. The van der Waals surface area contributed by atoms with Gasteiger partial charge in [-0.1, -0.05) is 224 Å². The summed E-state index contributed by atoms with van der Waals surface area (Å²) in [6.07, 6.45) is 57.1. The molecule has 0 heterocycles. The van der Waals surface area contributed by atoms with E-state index in [0.29, 0.717) is 19.3 Å². The maximum atomic E-state index is 12.7. The summed E-state index contributed by atoms with van der Waals surface area (Å²) in [6, 6.07) is 0. The van der Waals surface area contributed by atoms with Crippen LogP contribution in [0.3, 0.4) is 0 Å². The summed E-state index contributed by atoms with van der Waals surface area (Å²) < 4.78 is 16.7. The molecule has 0 amide bonds. The van der Waals surface area contributed by atoms with E-state index < -0.39 is 6.10 Å². The molecule has 0 aliphatic heterocycles. The molecule has 0 spiro atoms. The molecule has 0 aromatic rings. The van der Waals surface area contributed by atoms with Crippen LogP contribution in [0.25, 0.3) is 0 Å². The Labute approximate surface area is 372 Å². The third-order valence-corrected chi connectivity index (χ3v) is 11.4. The molecule has 6 heteroatoms. The molecule has 350 valence electrons. The quantitative estimate of drug-likeness (QED) is 0.0263. The number of unbranched alkanes of at least 4 members (excludes halogenated alkanes) is 30. The van der Waals surface area contributed by atoms with Gasteiger partial charge in [-0.05, 0) is 64.2 Å². The van der Waals surface area contributed by atoms with Crippen LogP contribution in [0.1, 0.15) is 271 Å². The Kier molecular flexibility index (Phi) is 47.3. The molecule has 1 unspecified atom stereocenters. The molecule has 0 rings (SSSR count). The van der Waals surface area contributed by atoms with Crippen LogP contribution >= 0.6 is 0 Å². The number of ether oxygens (including phenoxy) is 3. The molecule has 0 bridgehead atoms. The highest BCUT2D eigenvalue weighted by atomic mass is 16.6. The molecule has 0 saturated heterocycles. The van der Waals surface area contributed by atoms with E-state index in [1.54, 1.807) is 0 Å². The fourth-order valence-corrected chi connectivity index (χ4v) is 7.43. The van der Waals surface area contributed by atoms with Crippen molar-refractivity contribution in [3.05, 3.63) is 36.5 Å². The third-order valence-electron chi connectivity index (χ3n) is 11.4. The molecule has 0 saturated carbocycles. The predicted octanol–water partition coefficient (Wildman–Crippen LogP) is 16.9. The highest BCUT2D eigenvalue weighted by Crippen LogP contribution is 2.15. The molecule has 1 atom stereocenters. The summed E-state index contributed by atoms with van der Waals surface area (Å²) in [5, 5.41) is 0. The van der Waals surface area contributed by atoms with Crippen molar-refractivity contribution in [3.63, 3.8) is 0 Å². The van der Waals surface area contributed by atoms with Gasteiger partial charge in [0, 0.05) is 19.3 Å². The lowest BCUT2D eigenvalue weighted by atomic mass is 10.0. The van der Waals surface area contributed by atoms with E-state index in [4.69, 9.17) is 14.2 Å². The van der Waals surface area contributed by atoms with Gasteiger partial charge in [0.05, 0.1) is 0 Å². The Hall–Kier alpha value is -2.37.